The summed E-state index contributed by atoms with van der Waals surface area (Å²) in [6.07, 6.45) is 2.72. The summed E-state index contributed by atoms with van der Waals surface area (Å²) >= 11 is 0. The molecule has 1 N–H and O–H groups in total. The number of amides is 1. The molecule has 2 aromatic rings. The molecule has 1 aromatic heterocycles. The largest absolute Gasteiger partial charge is 0.462 e. The summed E-state index contributed by atoms with van der Waals surface area (Å²) < 4.78 is 6.13. The minimum absolute atomic E-state index is 0.151. The van der Waals surface area contributed by atoms with Gasteiger partial charge in [0, 0.05) is 11.8 Å². The van der Waals surface area contributed by atoms with E-state index in [1.54, 1.807) is 37.3 Å². The van der Waals surface area contributed by atoms with Crippen molar-refractivity contribution in [3.05, 3.63) is 57.5 Å². The Morgan fingerprint density at radius 2 is 2.04 bits per heavy atom. The molecule has 1 aromatic carbocycles. The van der Waals surface area contributed by atoms with Gasteiger partial charge in [-0.3, -0.25) is 9.59 Å². The third-order valence-electron chi connectivity index (χ3n) is 4.58. The van der Waals surface area contributed by atoms with Crippen molar-refractivity contribution in [1.82, 2.24) is 9.78 Å². The number of rotatable bonds is 5. The Balaban J connectivity index is 1.66. The molecule has 0 saturated carbocycles. The molecule has 1 amide bonds. The third kappa shape index (κ3) is 4.61. The van der Waals surface area contributed by atoms with E-state index in [1.807, 2.05) is 0 Å². The van der Waals surface area contributed by atoms with Gasteiger partial charge in [0.1, 0.15) is 6.54 Å². The number of aryl methyl sites for hydroxylation is 1. The van der Waals surface area contributed by atoms with E-state index in [-0.39, 0.29) is 18.0 Å². The average molecular weight is 369 g/mol. The summed E-state index contributed by atoms with van der Waals surface area (Å²) in [6, 6.07) is 8.00. The fourth-order valence-electron chi connectivity index (χ4n) is 3.17. The Hall–Kier alpha value is -2.96. The highest BCUT2D eigenvalue weighted by Crippen LogP contribution is 2.22. The minimum Gasteiger partial charge on any atom is -0.462 e. The van der Waals surface area contributed by atoms with Gasteiger partial charge in [-0.05, 0) is 61.9 Å². The first-order valence-electron chi connectivity index (χ1n) is 9.13. The van der Waals surface area contributed by atoms with Crippen LogP contribution in [-0.2, 0) is 28.9 Å². The molecular weight excluding hydrogens is 346 g/mol. The van der Waals surface area contributed by atoms with Crippen LogP contribution in [0.1, 0.15) is 41.9 Å². The summed E-state index contributed by atoms with van der Waals surface area (Å²) in [6.45, 7) is 4.05. The van der Waals surface area contributed by atoms with Crippen molar-refractivity contribution in [2.24, 2.45) is 5.92 Å². The third-order valence-corrected chi connectivity index (χ3v) is 4.58. The van der Waals surface area contributed by atoms with E-state index >= 15 is 0 Å². The molecule has 1 heterocycles. The molecule has 0 bridgehead atoms. The molecule has 0 saturated heterocycles. The average Bonchev–Trinajstić information content (AvgIpc) is 2.63. The number of esters is 1. The Labute approximate surface area is 157 Å². The second-order valence-corrected chi connectivity index (χ2v) is 6.81. The van der Waals surface area contributed by atoms with Crippen LogP contribution in [0.2, 0.25) is 0 Å². The van der Waals surface area contributed by atoms with Crippen molar-refractivity contribution in [1.29, 1.82) is 0 Å². The van der Waals surface area contributed by atoms with E-state index in [1.165, 1.54) is 4.68 Å². The van der Waals surface area contributed by atoms with Crippen LogP contribution in [0.3, 0.4) is 0 Å². The number of hydrogen-bond donors (Lipinski definition) is 1. The van der Waals surface area contributed by atoms with Gasteiger partial charge >= 0.3 is 5.97 Å². The summed E-state index contributed by atoms with van der Waals surface area (Å²) in [5.41, 5.74) is 2.57. The second-order valence-electron chi connectivity index (χ2n) is 6.81. The van der Waals surface area contributed by atoms with Crippen LogP contribution in [-0.4, -0.2) is 28.3 Å². The predicted octanol–water partition coefficient (Wildman–Crippen LogP) is 2.18. The number of aromatic nitrogens is 2. The molecule has 1 aliphatic rings. The zero-order chi connectivity index (χ0) is 19.4. The van der Waals surface area contributed by atoms with Crippen LogP contribution in [0.5, 0.6) is 0 Å². The van der Waals surface area contributed by atoms with Crippen LogP contribution >= 0.6 is 0 Å². The first-order valence-corrected chi connectivity index (χ1v) is 9.13. The van der Waals surface area contributed by atoms with Gasteiger partial charge in [-0.2, -0.15) is 5.10 Å². The van der Waals surface area contributed by atoms with Crippen LogP contribution in [0.4, 0.5) is 5.69 Å². The van der Waals surface area contributed by atoms with E-state index in [0.717, 1.165) is 30.5 Å². The van der Waals surface area contributed by atoms with Crippen LogP contribution in [0.25, 0.3) is 0 Å². The number of nitrogens with one attached hydrogen (secondary N) is 1. The Kier molecular flexibility index (Phi) is 5.69. The van der Waals surface area contributed by atoms with E-state index in [4.69, 9.17) is 4.74 Å². The monoisotopic (exact) mass is 369 g/mol. The Morgan fingerprint density at radius 3 is 2.74 bits per heavy atom. The molecule has 7 heteroatoms. The molecule has 1 unspecified atom stereocenters. The van der Waals surface area contributed by atoms with Crippen molar-refractivity contribution in [3.8, 4) is 0 Å². The van der Waals surface area contributed by atoms with Crippen molar-refractivity contribution in [2.45, 2.75) is 39.7 Å². The molecule has 1 atom stereocenters. The summed E-state index contributed by atoms with van der Waals surface area (Å²) in [7, 11) is 0. The van der Waals surface area contributed by atoms with Gasteiger partial charge in [-0.1, -0.05) is 6.92 Å². The van der Waals surface area contributed by atoms with Gasteiger partial charge in [0.25, 0.3) is 5.56 Å². The quantitative estimate of drug-likeness (QED) is 0.816. The zero-order valence-electron chi connectivity index (χ0n) is 15.5. The Bertz CT molecular complexity index is 902. The molecule has 1 aliphatic carbocycles. The van der Waals surface area contributed by atoms with Crippen molar-refractivity contribution < 1.29 is 14.3 Å². The van der Waals surface area contributed by atoms with E-state index in [2.05, 4.69) is 17.3 Å². The van der Waals surface area contributed by atoms with Crippen molar-refractivity contribution >= 4 is 17.6 Å². The molecule has 27 heavy (non-hydrogen) atoms. The summed E-state index contributed by atoms with van der Waals surface area (Å²) in [5, 5.41) is 7.08. The number of anilines is 1. The topological polar surface area (TPSA) is 90.3 Å². The lowest BCUT2D eigenvalue weighted by Crippen LogP contribution is -2.32. The molecule has 142 valence electrons. The highest BCUT2D eigenvalue weighted by Gasteiger charge is 2.19. The number of hydrogen-bond acceptors (Lipinski definition) is 5. The molecule has 0 fully saturated rings. The number of benzene rings is 1. The van der Waals surface area contributed by atoms with Gasteiger partial charge < -0.3 is 10.1 Å². The van der Waals surface area contributed by atoms with Crippen LogP contribution < -0.4 is 10.9 Å². The lowest BCUT2D eigenvalue weighted by Gasteiger charge is -2.20. The lowest BCUT2D eigenvalue weighted by molar-refractivity contribution is -0.117. The normalized spacial score (nSPS) is 15.7. The minimum atomic E-state index is -0.408. The number of fused-ring (bicyclic) bond motifs is 1. The fraction of sp³-hybridized carbons (Fsp3) is 0.400. The molecular formula is C20H23N3O4. The lowest BCUT2D eigenvalue weighted by atomic mass is 9.88. The second kappa shape index (κ2) is 8.16. The molecule has 0 aliphatic heterocycles. The maximum absolute atomic E-state index is 12.3. The number of ether oxygens (including phenoxy) is 1. The Morgan fingerprint density at radius 1 is 1.30 bits per heavy atom. The molecule has 0 radical (unpaired) electrons. The maximum atomic E-state index is 12.3. The van der Waals surface area contributed by atoms with Crippen LogP contribution in [0, 0.1) is 5.92 Å². The van der Waals surface area contributed by atoms with Crippen molar-refractivity contribution in [2.75, 3.05) is 11.9 Å². The van der Waals surface area contributed by atoms with Gasteiger partial charge in [-0.25, -0.2) is 9.48 Å². The number of carbonyl (C=O) groups is 2. The van der Waals surface area contributed by atoms with Gasteiger partial charge in [-0.15, -0.1) is 0 Å². The summed E-state index contributed by atoms with van der Waals surface area (Å²) in [4.78, 5) is 36.1. The smallest absolute Gasteiger partial charge is 0.338 e. The fourth-order valence-corrected chi connectivity index (χ4v) is 3.17. The highest BCUT2D eigenvalue weighted by molar-refractivity contribution is 5.92. The van der Waals surface area contributed by atoms with Gasteiger partial charge in [0.15, 0.2) is 0 Å². The van der Waals surface area contributed by atoms with E-state index < -0.39 is 5.97 Å². The van der Waals surface area contributed by atoms with E-state index in [9.17, 15) is 14.4 Å². The van der Waals surface area contributed by atoms with Gasteiger partial charge in [0.05, 0.1) is 17.9 Å². The zero-order valence-corrected chi connectivity index (χ0v) is 15.5. The standard InChI is InChI=1S/C20H23N3O4/c1-3-27-20(26)14-5-7-16(8-6-14)21-18(24)12-23-19(25)11-15-10-13(2)4-9-17(15)22-23/h5-8,11,13H,3-4,9-10,12H2,1-2H3,(H,21,24). The summed E-state index contributed by atoms with van der Waals surface area (Å²) in [5.74, 6) is -0.206. The first-order chi connectivity index (χ1) is 13.0. The molecule has 0 spiro atoms. The highest BCUT2D eigenvalue weighted by atomic mass is 16.5. The van der Waals surface area contributed by atoms with E-state index in [0.29, 0.717) is 23.8 Å². The van der Waals surface area contributed by atoms with Gasteiger partial charge in [0.2, 0.25) is 5.91 Å². The van der Waals surface area contributed by atoms with Crippen molar-refractivity contribution in [3.63, 3.8) is 0 Å². The molecule has 7 nitrogen and oxygen atoms in total. The first kappa shape index (κ1) is 18.8. The SMILES string of the molecule is CCOC(=O)c1ccc(NC(=O)Cn2nc3c(cc2=O)CC(C)CC3)cc1. The number of carbonyl (C=O) groups excluding carboxylic acids is 2. The number of nitrogens with zero attached hydrogens (tertiary/aromatic N) is 2. The van der Waals surface area contributed by atoms with Crippen LogP contribution in [0.15, 0.2) is 35.1 Å². The predicted molar refractivity (Wildman–Crippen MR) is 101 cm³/mol. The maximum Gasteiger partial charge on any atom is 0.338 e. The molecule has 3 rings (SSSR count).